The van der Waals surface area contributed by atoms with Crippen LogP contribution in [0.3, 0.4) is 0 Å². The molecule has 2 heteroatoms. The van der Waals surface area contributed by atoms with Crippen LogP contribution in [0, 0.1) is 5.92 Å². The van der Waals surface area contributed by atoms with Gasteiger partial charge in [0.25, 0.3) is 0 Å². The Bertz CT molecular complexity index is 452. The molecule has 0 amide bonds. The van der Waals surface area contributed by atoms with Gasteiger partial charge in [0, 0.05) is 6.42 Å². The first kappa shape index (κ1) is 15.4. The van der Waals surface area contributed by atoms with Gasteiger partial charge in [-0.3, -0.25) is 0 Å². The number of benzene rings is 1. The number of allylic oxidation sites excluding steroid dienone is 2. The minimum absolute atomic E-state index is 0.737. The third-order valence-corrected chi connectivity index (χ3v) is 4.42. The van der Waals surface area contributed by atoms with Crippen molar-refractivity contribution in [2.45, 2.75) is 58.7 Å². The molecule has 0 radical (unpaired) electrons. The van der Waals surface area contributed by atoms with Gasteiger partial charge in [-0.25, -0.2) is 0 Å². The number of rotatable bonds is 7. The van der Waals surface area contributed by atoms with Crippen LogP contribution in [0.4, 0.5) is 0 Å². The Labute approximate surface area is 125 Å². The van der Waals surface area contributed by atoms with E-state index in [0.717, 1.165) is 12.3 Å². The van der Waals surface area contributed by atoms with Crippen LogP contribution in [-0.4, -0.2) is 8.32 Å². The van der Waals surface area contributed by atoms with Crippen LogP contribution in [0.5, 0.6) is 0 Å². The van der Waals surface area contributed by atoms with Gasteiger partial charge in [0.2, 0.25) is 8.32 Å². The quantitative estimate of drug-likeness (QED) is 0.452. The SMILES string of the molecule is CCCC/C(O[Si](C)(C)C)=C(\c1ccccc1)C1CC1. The molecule has 110 valence electrons. The zero-order chi connectivity index (χ0) is 14.6. The van der Waals surface area contributed by atoms with E-state index in [1.807, 2.05) is 0 Å². The highest BCUT2D eigenvalue weighted by Crippen LogP contribution is 2.45. The summed E-state index contributed by atoms with van der Waals surface area (Å²) in [5.74, 6) is 2.03. The van der Waals surface area contributed by atoms with Gasteiger partial charge in [0.05, 0.1) is 5.76 Å². The van der Waals surface area contributed by atoms with E-state index in [0.29, 0.717) is 0 Å². The normalized spacial score (nSPS) is 16.8. The number of hydrogen-bond donors (Lipinski definition) is 0. The Morgan fingerprint density at radius 1 is 1.15 bits per heavy atom. The highest BCUT2D eigenvalue weighted by molar-refractivity contribution is 6.70. The van der Waals surface area contributed by atoms with Gasteiger partial charge in [-0.2, -0.15) is 0 Å². The molecule has 1 aromatic rings. The standard InChI is InChI=1S/C18H28OSi/c1-5-6-12-17(19-20(2,3)4)18(16-13-14-16)15-10-8-7-9-11-15/h7-11,16H,5-6,12-14H2,1-4H3/b18-17-. The van der Waals surface area contributed by atoms with Crippen LogP contribution in [0.1, 0.15) is 44.6 Å². The Balaban J connectivity index is 2.36. The Morgan fingerprint density at radius 3 is 2.30 bits per heavy atom. The molecular formula is C18H28OSi. The summed E-state index contributed by atoms with van der Waals surface area (Å²) in [6.45, 7) is 9.11. The maximum Gasteiger partial charge on any atom is 0.241 e. The minimum atomic E-state index is -1.54. The molecule has 0 unspecified atom stereocenters. The summed E-state index contributed by atoms with van der Waals surface area (Å²) in [7, 11) is -1.54. The smallest absolute Gasteiger partial charge is 0.241 e. The largest absolute Gasteiger partial charge is 0.547 e. The van der Waals surface area contributed by atoms with Crippen molar-refractivity contribution in [1.82, 2.24) is 0 Å². The first-order chi connectivity index (χ1) is 9.51. The number of unbranched alkanes of at least 4 members (excludes halogenated alkanes) is 1. The second-order valence-corrected chi connectivity index (χ2v) is 11.2. The van der Waals surface area contributed by atoms with Crippen molar-refractivity contribution in [3.8, 4) is 0 Å². The highest BCUT2D eigenvalue weighted by atomic mass is 28.4. The zero-order valence-corrected chi connectivity index (χ0v) is 14.4. The summed E-state index contributed by atoms with van der Waals surface area (Å²) in [4.78, 5) is 0. The van der Waals surface area contributed by atoms with Gasteiger partial charge in [-0.1, -0.05) is 43.7 Å². The van der Waals surface area contributed by atoms with E-state index < -0.39 is 8.32 Å². The van der Waals surface area contributed by atoms with Gasteiger partial charge in [-0.15, -0.1) is 0 Å². The van der Waals surface area contributed by atoms with Crippen molar-refractivity contribution in [3.63, 3.8) is 0 Å². The van der Waals surface area contributed by atoms with E-state index in [-0.39, 0.29) is 0 Å². The maximum absolute atomic E-state index is 6.48. The highest BCUT2D eigenvalue weighted by Gasteiger charge is 2.31. The monoisotopic (exact) mass is 288 g/mol. The van der Waals surface area contributed by atoms with Crippen molar-refractivity contribution in [2.24, 2.45) is 5.92 Å². The van der Waals surface area contributed by atoms with E-state index in [1.165, 1.54) is 42.6 Å². The van der Waals surface area contributed by atoms with E-state index >= 15 is 0 Å². The fourth-order valence-corrected chi connectivity index (χ4v) is 3.51. The zero-order valence-electron chi connectivity index (χ0n) is 13.4. The number of hydrogen-bond acceptors (Lipinski definition) is 1. The first-order valence-electron chi connectivity index (χ1n) is 7.98. The van der Waals surface area contributed by atoms with Crippen LogP contribution in [-0.2, 0) is 4.43 Å². The van der Waals surface area contributed by atoms with Crippen molar-refractivity contribution < 1.29 is 4.43 Å². The summed E-state index contributed by atoms with van der Waals surface area (Å²) in [5, 5.41) is 0. The molecule has 1 aromatic carbocycles. The van der Waals surface area contributed by atoms with Crippen LogP contribution in [0.2, 0.25) is 19.6 Å². The molecule has 20 heavy (non-hydrogen) atoms. The van der Waals surface area contributed by atoms with Gasteiger partial charge in [0.15, 0.2) is 0 Å². The molecule has 0 saturated heterocycles. The van der Waals surface area contributed by atoms with Crippen molar-refractivity contribution in [3.05, 3.63) is 41.7 Å². The van der Waals surface area contributed by atoms with Gasteiger partial charge >= 0.3 is 0 Å². The van der Waals surface area contributed by atoms with E-state index in [4.69, 9.17) is 4.43 Å². The van der Waals surface area contributed by atoms with E-state index in [9.17, 15) is 0 Å². The fraction of sp³-hybridized carbons (Fsp3) is 0.556. The third-order valence-electron chi connectivity index (χ3n) is 3.56. The molecule has 0 bridgehead atoms. The van der Waals surface area contributed by atoms with Gasteiger partial charge in [-0.05, 0) is 56.0 Å². The molecule has 0 aliphatic heterocycles. The Kier molecular flexibility index (Phi) is 5.09. The topological polar surface area (TPSA) is 9.23 Å². The van der Waals surface area contributed by atoms with Gasteiger partial charge < -0.3 is 4.43 Å². The van der Waals surface area contributed by atoms with Crippen LogP contribution < -0.4 is 0 Å². The summed E-state index contributed by atoms with van der Waals surface area (Å²) in [6.07, 6.45) is 6.21. The van der Waals surface area contributed by atoms with Crippen LogP contribution in [0.25, 0.3) is 5.57 Å². The second kappa shape index (κ2) is 6.62. The molecule has 0 aromatic heterocycles. The molecule has 1 aliphatic carbocycles. The molecule has 1 saturated carbocycles. The first-order valence-corrected chi connectivity index (χ1v) is 11.4. The summed E-state index contributed by atoms with van der Waals surface area (Å²) >= 11 is 0. The van der Waals surface area contributed by atoms with Crippen molar-refractivity contribution in [2.75, 3.05) is 0 Å². The minimum Gasteiger partial charge on any atom is -0.547 e. The molecule has 0 N–H and O–H groups in total. The molecule has 1 aliphatic rings. The van der Waals surface area contributed by atoms with Crippen LogP contribution >= 0.6 is 0 Å². The molecular weight excluding hydrogens is 260 g/mol. The maximum atomic E-state index is 6.48. The predicted octanol–water partition coefficient (Wildman–Crippen LogP) is 5.85. The van der Waals surface area contributed by atoms with Crippen LogP contribution in [0.15, 0.2) is 36.1 Å². The average Bonchev–Trinajstić information content (AvgIpc) is 3.20. The molecule has 1 nitrogen and oxygen atoms in total. The molecule has 0 atom stereocenters. The second-order valence-electron chi connectivity index (χ2n) is 6.80. The Morgan fingerprint density at radius 2 is 1.80 bits per heavy atom. The lowest BCUT2D eigenvalue weighted by Gasteiger charge is -2.25. The summed E-state index contributed by atoms with van der Waals surface area (Å²) in [5.41, 5.74) is 2.88. The summed E-state index contributed by atoms with van der Waals surface area (Å²) in [6, 6.07) is 10.9. The van der Waals surface area contributed by atoms with E-state index in [2.05, 4.69) is 56.9 Å². The lowest BCUT2D eigenvalue weighted by atomic mass is 9.98. The van der Waals surface area contributed by atoms with Gasteiger partial charge in [0.1, 0.15) is 0 Å². The van der Waals surface area contributed by atoms with E-state index in [1.54, 1.807) is 0 Å². The predicted molar refractivity (Wildman–Crippen MR) is 90.0 cm³/mol. The molecule has 1 fully saturated rings. The average molecular weight is 289 g/mol. The lowest BCUT2D eigenvalue weighted by Crippen LogP contribution is -2.25. The molecule has 0 heterocycles. The molecule has 0 spiro atoms. The molecule has 2 rings (SSSR count). The summed E-state index contributed by atoms with van der Waals surface area (Å²) < 4.78 is 6.48. The van der Waals surface area contributed by atoms with Crippen molar-refractivity contribution >= 4 is 13.9 Å². The van der Waals surface area contributed by atoms with Crippen molar-refractivity contribution in [1.29, 1.82) is 0 Å². The third kappa shape index (κ3) is 4.52. The Hall–Kier alpha value is -1.02. The fourth-order valence-electron chi connectivity index (χ4n) is 2.56. The lowest BCUT2D eigenvalue weighted by molar-refractivity contribution is 0.395.